The van der Waals surface area contributed by atoms with Gasteiger partial charge in [0.1, 0.15) is 18.5 Å². The summed E-state index contributed by atoms with van der Waals surface area (Å²) in [6.45, 7) is 1.22. The molecule has 2 aromatic carbocycles. The van der Waals surface area contributed by atoms with Gasteiger partial charge in [0.25, 0.3) is 15.9 Å². The summed E-state index contributed by atoms with van der Waals surface area (Å²) in [6.07, 6.45) is -1.89. The quantitative estimate of drug-likeness (QED) is 0.285. The topological polar surface area (TPSA) is 131 Å². The number of carboxylic acids is 1. The Labute approximate surface area is 244 Å². The summed E-state index contributed by atoms with van der Waals surface area (Å²) in [5, 5.41) is 22.3. The Morgan fingerprint density at radius 1 is 1.26 bits per heavy atom. The molecule has 0 radical (unpaired) electrons. The van der Waals surface area contributed by atoms with Crippen molar-refractivity contribution in [2.75, 3.05) is 24.1 Å². The van der Waals surface area contributed by atoms with Crippen LogP contribution in [0.25, 0.3) is 12.2 Å². The van der Waals surface area contributed by atoms with Gasteiger partial charge in [-0.2, -0.15) is 13.2 Å². The van der Waals surface area contributed by atoms with Crippen LogP contribution in [-0.4, -0.2) is 60.2 Å². The number of hydrogen-bond acceptors (Lipinski definition) is 7. The van der Waals surface area contributed by atoms with Crippen molar-refractivity contribution in [1.29, 1.82) is 0 Å². The molecule has 42 heavy (non-hydrogen) atoms. The van der Waals surface area contributed by atoms with E-state index < -0.39 is 33.8 Å². The third-order valence-corrected chi connectivity index (χ3v) is 8.41. The monoisotopic (exact) mass is 629 g/mol. The summed E-state index contributed by atoms with van der Waals surface area (Å²) in [4.78, 5) is 10.9. The Morgan fingerprint density at radius 3 is 2.69 bits per heavy atom. The highest BCUT2D eigenvalue weighted by molar-refractivity contribution is 7.93. The maximum atomic E-state index is 14.0. The minimum atomic E-state index is -4.65. The number of carboxylic acid groups (broad SMARTS) is 1. The second-order valence-electron chi connectivity index (χ2n) is 9.19. The van der Waals surface area contributed by atoms with Crippen LogP contribution in [0, 0.1) is 0 Å². The number of ether oxygens (including phenoxy) is 2. The van der Waals surface area contributed by atoms with Gasteiger partial charge in [-0.05, 0) is 43.2 Å². The molecule has 1 aromatic heterocycles. The molecule has 0 bridgehead atoms. The van der Waals surface area contributed by atoms with Crippen LogP contribution in [0.2, 0.25) is 5.02 Å². The number of carbonyl (C=O) groups is 1. The van der Waals surface area contributed by atoms with Gasteiger partial charge in [0.2, 0.25) is 0 Å². The van der Waals surface area contributed by atoms with Crippen molar-refractivity contribution in [3.63, 3.8) is 0 Å². The number of aromatic nitrogens is 2. The van der Waals surface area contributed by atoms with Crippen LogP contribution >= 0.6 is 11.6 Å². The standard InChI is InChI=1S/C27H27ClF3N3O7S/c1-2-33-16-24(26(32-33)40-13-12-35)42(38,39)34-15-18(8-11-25(36)37)41-23-10-7-17(14-22(23)34)6-9-19-20(27(29,30)31)4-3-5-21(19)28/h3-7,9-10,14,16,18,35H,2,8,11-13,15H2,1H3,(H,36,37). The smallest absolute Gasteiger partial charge is 0.417 e. The van der Waals surface area contributed by atoms with Crippen LogP contribution in [0.15, 0.2) is 47.5 Å². The molecule has 0 saturated carbocycles. The Balaban J connectivity index is 1.78. The Kier molecular flexibility index (Phi) is 9.38. The average molecular weight is 630 g/mol. The first-order valence-corrected chi connectivity index (χ1v) is 14.6. The number of nitrogens with zero attached hydrogens (tertiary/aromatic N) is 3. The number of benzene rings is 2. The van der Waals surface area contributed by atoms with Crippen molar-refractivity contribution in [2.45, 2.75) is 43.5 Å². The van der Waals surface area contributed by atoms with Crippen LogP contribution in [0.4, 0.5) is 18.9 Å². The van der Waals surface area contributed by atoms with Gasteiger partial charge in [-0.15, -0.1) is 5.10 Å². The third-order valence-electron chi connectivity index (χ3n) is 6.31. The normalized spacial score (nSPS) is 15.5. The fraction of sp³-hybridized carbons (Fsp3) is 0.333. The number of aliphatic hydroxyl groups excluding tert-OH is 1. The van der Waals surface area contributed by atoms with Crippen molar-refractivity contribution in [1.82, 2.24) is 9.78 Å². The summed E-state index contributed by atoms with van der Waals surface area (Å²) in [5.41, 5.74) is -0.759. The number of aliphatic hydroxyl groups is 1. The van der Waals surface area contributed by atoms with E-state index in [0.29, 0.717) is 12.1 Å². The highest BCUT2D eigenvalue weighted by atomic mass is 35.5. The number of sulfonamides is 1. The van der Waals surface area contributed by atoms with Gasteiger partial charge in [0, 0.05) is 29.7 Å². The molecule has 10 nitrogen and oxygen atoms in total. The molecule has 0 spiro atoms. The van der Waals surface area contributed by atoms with Gasteiger partial charge in [0.15, 0.2) is 4.90 Å². The molecule has 4 rings (SSSR count). The average Bonchev–Trinajstić information content (AvgIpc) is 3.37. The van der Waals surface area contributed by atoms with Crippen molar-refractivity contribution < 1.29 is 46.1 Å². The number of hydrogen-bond donors (Lipinski definition) is 2. The van der Waals surface area contributed by atoms with E-state index in [-0.39, 0.29) is 65.4 Å². The first-order chi connectivity index (χ1) is 19.8. The van der Waals surface area contributed by atoms with Gasteiger partial charge in [-0.25, -0.2) is 8.42 Å². The van der Waals surface area contributed by atoms with Gasteiger partial charge < -0.3 is 19.7 Å². The molecule has 0 aliphatic carbocycles. The largest absolute Gasteiger partial charge is 0.486 e. The molecule has 0 amide bonds. The van der Waals surface area contributed by atoms with Crippen LogP contribution in [0.3, 0.4) is 0 Å². The minimum absolute atomic E-state index is 0.0112. The molecule has 1 aliphatic rings. The molecule has 1 atom stereocenters. The lowest BCUT2D eigenvalue weighted by molar-refractivity contribution is -0.138. The molecule has 2 N–H and O–H groups in total. The van der Waals surface area contributed by atoms with Crippen molar-refractivity contribution >= 4 is 45.4 Å². The molecule has 1 unspecified atom stereocenters. The van der Waals surface area contributed by atoms with Gasteiger partial charge in [-0.3, -0.25) is 13.8 Å². The number of rotatable bonds is 11. The Morgan fingerprint density at radius 2 is 2.02 bits per heavy atom. The first-order valence-electron chi connectivity index (χ1n) is 12.7. The molecule has 15 heteroatoms. The van der Waals surface area contributed by atoms with E-state index in [1.807, 2.05) is 0 Å². The molecule has 0 fully saturated rings. The lowest BCUT2D eigenvalue weighted by Crippen LogP contribution is -2.43. The van der Waals surface area contributed by atoms with Gasteiger partial charge in [-0.1, -0.05) is 35.9 Å². The lowest BCUT2D eigenvalue weighted by atomic mass is 10.0. The van der Waals surface area contributed by atoms with Crippen LogP contribution in [-0.2, 0) is 27.5 Å². The lowest BCUT2D eigenvalue weighted by Gasteiger charge is -2.35. The molecule has 1 aliphatic heterocycles. The SMILES string of the molecule is CCn1cc(S(=O)(=O)N2CC(CCC(=O)O)Oc3ccc(C=Cc4c(Cl)cccc4C(F)(F)F)cc32)c(OCCO)n1. The molecular formula is C27H27ClF3N3O7S. The summed E-state index contributed by atoms with van der Waals surface area (Å²) >= 11 is 6.06. The summed E-state index contributed by atoms with van der Waals surface area (Å²) in [6, 6.07) is 7.84. The maximum absolute atomic E-state index is 14.0. The molecule has 3 aromatic rings. The van der Waals surface area contributed by atoms with Gasteiger partial charge in [0.05, 0.1) is 24.4 Å². The zero-order valence-corrected chi connectivity index (χ0v) is 23.8. The Bertz CT molecular complexity index is 1590. The number of aliphatic carboxylic acids is 1. The molecule has 0 saturated heterocycles. The minimum Gasteiger partial charge on any atom is -0.486 e. The number of anilines is 1. The van der Waals surface area contributed by atoms with Crippen molar-refractivity contribution in [3.8, 4) is 11.6 Å². The molecule has 226 valence electrons. The summed E-state index contributed by atoms with van der Waals surface area (Å²) < 4.78 is 82.4. The van der Waals surface area contributed by atoms with Crippen LogP contribution in [0.5, 0.6) is 11.6 Å². The van der Waals surface area contributed by atoms with Gasteiger partial charge >= 0.3 is 12.1 Å². The van der Waals surface area contributed by atoms with Crippen LogP contribution < -0.4 is 13.8 Å². The van der Waals surface area contributed by atoms with E-state index in [4.69, 9.17) is 26.2 Å². The van der Waals surface area contributed by atoms with Crippen molar-refractivity contribution in [2.24, 2.45) is 0 Å². The molecule has 2 heterocycles. The fourth-order valence-corrected chi connectivity index (χ4v) is 6.13. The van der Waals surface area contributed by atoms with Crippen LogP contribution in [0.1, 0.15) is 36.5 Å². The maximum Gasteiger partial charge on any atom is 0.417 e. The first kappa shape index (κ1) is 31.2. The number of fused-ring (bicyclic) bond motifs is 1. The number of alkyl halides is 3. The highest BCUT2D eigenvalue weighted by Crippen LogP contribution is 2.41. The summed E-state index contributed by atoms with van der Waals surface area (Å²) in [5.74, 6) is -1.18. The predicted octanol–water partition coefficient (Wildman–Crippen LogP) is 4.94. The predicted molar refractivity (Wildman–Crippen MR) is 148 cm³/mol. The Hall–Kier alpha value is -3.75. The van der Waals surface area contributed by atoms with E-state index in [0.717, 1.165) is 10.4 Å². The zero-order valence-electron chi connectivity index (χ0n) is 22.2. The van der Waals surface area contributed by atoms with E-state index in [9.17, 15) is 31.5 Å². The third kappa shape index (κ3) is 6.82. The number of halogens is 4. The van der Waals surface area contributed by atoms with E-state index in [1.54, 1.807) is 6.92 Å². The van der Waals surface area contributed by atoms with Crippen molar-refractivity contribution in [3.05, 3.63) is 64.3 Å². The van der Waals surface area contributed by atoms with E-state index in [2.05, 4.69) is 5.10 Å². The molecular weight excluding hydrogens is 603 g/mol. The second kappa shape index (κ2) is 12.6. The number of aryl methyl sites for hydroxylation is 1. The van der Waals surface area contributed by atoms with E-state index in [1.165, 1.54) is 53.4 Å². The zero-order chi connectivity index (χ0) is 30.7. The van der Waals surface area contributed by atoms with E-state index >= 15 is 0 Å². The second-order valence-corrected chi connectivity index (χ2v) is 11.4. The fourth-order valence-electron chi connectivity index (χ4n) is 4.31. The summed E-state index contributed by atoms with van der Waals surface area (Å²) in [7, 11) is -4.39. The highest BCUT2D eigenvalue weighted by Gasteiger charge is 2.38.